The van der Waals surface area contributed by atoms with Crippen LogP contribution in [0.15, 0.2) is 30.3 Å². The summed E-state index contributed by atoms with van der Waals surface area (Å²) in [4.78, 5) is 6.84. The number of allylic oxidation sites excluding steroid dienone is 1. The van der Waals surface area contributed by atoms with E-state index in [4.69, 9.17) is 0 Å². The molecule has 4 rings (SSSR count). The van der Waals surface area contributed by atoms with Gasteiger partial charge in [-0.2, -0.15) is 0 Å². The number of nitrogens with one attached hydrogen (secondary N) is 1. The number of hydrogen-bond donors (Lipinski definition) is 1. The van der Waals surface area contributed by atoms with Crippen LogP contribution in [0.25, 0.3) is 5.70 Å². The van der Waals surface area contributed by atoms with E-state index >= 15 is 0 Å². The van der Waals surface area contributed by atoms with Gasteiger partial charge in [0, 0.05) is 0 Å². The van der Waals surface area contributed by atoms with Crippen molar-refractivity contribution in [2.24, 2.45) is 0 Å². The van der Waals surface area contributed by atoms with E-state index in [9.17, 15) is 0 Å². The van der Waals surface area contributed by atoms with Gasteiger partial charge in [0.05, 0.1) is 0 Å². The van der Waals surface area contributed by atoms with Crippen LogP contribution in [0.1, 0.15) is 56.1 Å². The molecule has 2 aliphatic carbocycles. The monoisotopic (exact) mass is 346 g/mol. The first kappa shape index (κ1) is 17.9. The van der Waals surface area contributed by atoms with Crippen LogP contribution in [0.5, 0.6) is 0 Å². The van der Waals surface area contributed by atoms with Gasteiger partial charge >= 0.3 is 164 Å². The summed E-state index contributed by atoms with van der Waals surface area (Å²) in [6.07, 6.45) is 12.3. The molecule has 3 aliphatic rings. The van der Waals surface area contributed by atoms with Gasteiger partial charge < -0.3 is 0 Å². The third-order valence-electron chi connectivity index (χ3n) is 7.10. The second-order valence-electron chi connectivity index (χ2n) is 9.08. The zero-order valence-electron chi connectivity index (χ0n) is 16.3. The van der Waals surface area contributed by atoms with Gasteiger partial charge in [0.15, 0.2) is 0 Å². The second-order valence-corrected chi connectivity index (χ2v) is 13.7. The van der Waals surface area contributed by atoms with E-state index in [0.717, 1.165) is 6.04 Å². The first-order valence-electron chi connectivity index (χ1n) is 10.4. The summed E-state index contributed by atoms with van der Waals surface area (Å²) >= 11 is 2.51. The first-order valence-corrected chi connectivity index (χ1v) is 13.4. The molecule has 0 aromatic heterocycles. The van der Waals surface area contributed by atoms with Crippen molar-refractivity contribution >= 4 is 31.6 Å². The summed E-state index contributed by atoms with van der Waals surface area (Å²) in [6, 6.07) is 9.95. The quantitative estimate of drug-likeness (QED) is 0.823. The summed E-state index contributed by atoms with van der Waals surface area (Å²) < 4.78 is 0.180. The minimum atomic E-state index is -1.68. The van der Waals surface area contributed by atoms with Crippen molar-refractivity contribution < 1.29 is 0 Å². The molecule has 25 heavy (non-hydrogen) atoms. The van der Waals surface area contributed by atoms with Crippen molar-refractivity contribution in [3.8, 4) is 0 Å². The Morgan fingerprint density at radius 2 is 1.72 bits per heavy atom. The summed E-state index contributed by atoms with van der Waals surface area (Å²) in [6.45, 7) is 7.58. The van der Waals surface area contributed by atoms with Crippen molar-refractivity contribution in [1.29, 1.82) is 0 Å². The van der Waals surface area contributed by atoms with E-state index < -0.39 is 8.24 Å². The number of hydrogen-bond acceptors (Lipinski definition) is 2. The number of benzene rings is 1. The van der Waals surface area contributed by atoms with Crippen molar-refractivity contribution in [3.05, 3.63) is 41.5 Å². The number of fused-ring (bicyclic) bond motifs is 1. The minimum absolute atomic E-state index is 0.180. The van der Waals surface area contributed by atoms with E-state index in [-0.39, 0.29) is 3.71 Å². The van der Waals surface area contributed by atoms with E-state index in [1.807, 2.05) is 0 Å². The molecule has 4 heteroatoms. The van der Waals surface area contributed by atoms with Gasteiger partial charge in [-0.1, -0.05) is 0 Å². The molecular formula is C21H31LiN2Si. The van der Waals surface area contributed by atoms with Crippen LogP contribution in [-0.4, -0.2) is 50.0 Å². The van der Waals surface area contributed by atoms with E-state index in [1.54, 1.807) is 5.56 Å². The number of nitrogens with zero attached hydrogens (tertiary/aromatic N) is 1. The SMILES string of the molecule is [Li][C]1([Si](C)(C)NC2CCCCC2)C=C(N2CCCC2)c2ccccc21. The van der Waals surface area contributed by atoms with Crippen molar-refractivity contribution in [1.82, 2.24) is 9.88 Å². The topological polar surface area (TPSA) is 15.3 Å². The fourth-order valence-electron chi connectivity index (χ4n) is 5.23. The Labute approximate surface area is 163 Å². The molecule has 1 aromatic carbocycles. The summed E-state index contributed by atoms with van der Waals surface area (Å²) in [5.74, 6) is 0. The fourth-order valence-corrected chi connectivity index (χ4v) is 8.23. The molecule has 0 amide bonds. The van der Waals surface area contributed by atoms with E-state index in [0.29, 0.717) is 0 Å². The summed E-state index contributed by atoms with van der Waals surface area (Å²) in [7, 11) is -1.68. The third kappa shape index (κ3) is 3.19. The molecule has 1 aromatic rings. The molecule has 1 N–H and O–H groups in total. The van der Waals surface area contributed by atoms with Crippen LogP contribution in [0.2, 0.25) is 13.1 Å². The molecule has 1 heterocycles. The Hall–Kier alpha value is -0.466. The van der Waals surface area contributed by atoms with Crippen molar-refractivity contribution in [2.45, 2.75) is 67.8 Å². The Balaban J connectivity index is 1.68. The van der Waals surface area contributed by atoms with E-state index in [2.05, 4.69) is 71.0 Å². The maximum atomic E-state index is 4.21. The van der Waals surface area contributed by atoms with Crippen molar-refractivity contribution in [3.63, 3.8) is 0 Å². The number of likely N-dealkylation sites (tertiary alicyclic amines) is 1. The fraction of sp³-hybridized carbons (Fsp3) is 0.619. The van der Waals surface area contributed by atoms with Gasteiger partial charge in [-0.3, -0.25) is 0 Å². The summed E-state index contributed by atoms with van der Waals surface area (Å²) in [5.41, 5.74) is 4.58. The standard InChI is InChI=1S/C21H31N2Si.Li/c1-24(2,22-17-10-4-3-5-11-17)21-16-20(23-14-8-9-15-23)18-12-6-7-13-19(18)21;/h6-7,12-13,16-17,22H,3-5,8-11,14-15H2,1-2H3;. The molecule has 1 saturated heterocycles. The molecule has 1 saturated carbocycles. The van der Waals surface area contributed by atoms with Crippen LogP contribution in [-0.2, 0) is 3.71 Å². The predicted octanol–water partition coefficient (Wildman–Crippen LogP) is 4.17. The van der Waals surface area contributed by atoms with Crippen LogP contribution >= 0.6 is 0 Å². The van der Waals surface area contributed by atoms with Gasteiger partial charge in [0.1, 0.15) is 0 Å². The Kier molecular flexibility index (Phi) is 4.97. The first-order chi connectivity index (χ1) is 12.0. The third-order valence-corrected chi connectivity index (χ3v) is 11.2. The predicted molar refractivity (Wildman–Crippen MR) is 110 cm³/mol. The average Bonchev–Trinajstić information content (AvgIpc) is 3.23. The van der Waals surface area contributed by atoms with Crippen molar-refractivity contribution in [2.75, 3.05) is 13.1 Å². The Morgan fingerprint density at radius 1 is 1.04 bits per heavy atom. The van der Waals surface area contributed by atoms with Gasteiger partial charge in [0.25, 0.3) is 0 Å². The van der Waals surface area contributed by atoms with Crippen LogP contribution in [0, 0.1) is 0 Å². The Morgan fingerprint density at radius 3 is 2.44 bits per heavy atom. The average molecular weight is 347 g/mol. The maximum absolute atomic E-state index is 4.21. The molecule has 2 fully saturated rings. The summed E-state index contributed by atoms with van der Waals surface area (Å²) in [5, 5.41) is 0. The van der Waals surface area contributed by atoms with E-state index in [1.165, 1.54) is 69.3 Å². The normalized spacial score (nSPS) is 27.5. The van der Waals surface area contributed by atoms with Crippen LogP contribution < -0.4 is 4.98 Å². The molecule has 0 radical (unpaired) electrons. The van der Waals surface area contributed by atoms with Gasteiger partial charge in [-0.05, 0) is 0 Å². The molecule has 0 bridgehead atoms. The molecule has 130 valence electrons. The molecule has 2 nitrogen and oxygen atoms in total. The van der Waals surface area contributed by atoms with Crippen LogP contribution in [0.4, 0.5) is 0 Å². The molecule has 1 unspecified atom stereocenters. The van der Waals surface area contributed by atoms with Gasteiger partial charge in [-0.15, -0.1) is 0 Å². The molecule has 1 atom stereocenters. The Bertz CT molecular complexity index is 660. The van der Waals surface area contributed by atoms with Gasteiger partial charge in [0.2, 0.25) is 0 Å². The second kappa shape index (κ2) is 6.93. The zero-order chi connectivity index (χ0) is 17.5. The van der Waals surface area contributed by atoms with Gasteiger partial charge in [-0.25, -0.2) is 0 Å². The number of rotatable bonds is 4. The van der Waals surface area contributed by atoms with Crippen LogP contribution in [0.3, 0.4) is 0 Å². The molecular weight excluding hydrogens is 315 g/mol. The molecule has 0 spiro atoms. The zero-order valence-corrected chi connectivity index (χ0v) is 17.3. The molecule has 1 aliphatic heterocycles.